The minimum absolute atomic E-state index is 0.152. The Balaban J connectivity index is 2.41. The van der Waals surface area contributed by atoms with E-state index in [1.165, 1.54) is 6.07 Å². The SMILES string of the molecule is CNC(C)c1c(F)cccc1Oc1ccccc1OC. The fourth-order valence-corrected chi connectivity index (χ4v) is 1.99. The number of para-hydroxylation sites is 2. The highest BCUT2D eigenvalue weighted by Gasteiger charge is 2.17. The van der Waals surface area contributed by atoms with Crippen LogP contribution in [0.5, 0.6) is 17.2 Å². The van der Waals surface area contributed by atoms with Crippen molar-refractivity contribution in [3.8, 4) is 17.2 Å². The number of ether oxygens (including phenoxy) is 2. The Morgan fingerprint density at radius 2 is 1.65 bits per heavy atom. The highest BCUT2D eigenvalue weighted by molar-refractivity contribution is 5.45. The minimum atomic E-state index is -0.292. The molecule has 4 heteroatoms. The van der Waals surface area contributed by atoms with Crippen LogP contribution in [0.3, 0.4) is 0 Å². The lowest BCUT2D eigenvalue weighted by Gasteiger charge is -2.18. The van der Waals surface area contributed by atoms with E-state index < -0.39 is 0 Å². The molecule has 0 aliphatic heterocycles. The summed E-state index contributed by atoms with van der Waals surface area (Å²) in [6, 6.07) is 11.9. The molecule has 0 spiro atoms. The predicted molar refractivity (Wildman–Crippen MR) is 76.9 cm³/mol. The van der Waals surface area contributed by atoms with Gasteiger partial charge in [0.25, 0.3) is 0 Å². The van der Waals surface area contributed by atoms with E-state index in [4.69, 9.17) is 9.47 Å². The van der Waals surface area contributed by atoms with Gasteiger partial charge in [-0.15, -0.1) is 0 Å². The van der Waals surface area contributed by atoms with Crippen molar-refractivity contribution in [3.05, 3.63) is 53.8 Å². The van der Waals surface area contributed by atoms with Gasteiger partial charge in [-0.25, -0.2) is 4.39 Å². The predicted octanol–water partition coefficient (Wildman–Crippen LogP) is 3.91. The van der Waals surface area contributed by atoms with Gasteiger partial charge in [0.2, 0.25) is 0 Å². The Kier molecular flexibility index (Phi) is 4.58. The van der Waals surface area contributed by atoms with Crippen LogP contribution in [0.2, 0.25) is 0 Å². The Morgan fingerprint density at radius 3 is 2.30 bits per heavy atom. The monoisotopic (exact) mass is 275 g/mol. The Morgan fingerprint density at radius 1 is 1.00 bits per heavy atom. The second-order valence-electron chi connectivity index (χ2n) is 4.41. The van der Waals surface area contributed by atoms with Crippen molar-refractivity contribution >= 4 is 0 Å². The molecule has 0 saturated heterocycles. The molecule has 3 nitrogen and oxygen atoms in total. The molecule has 0 fully saturated rings. The van der Waals surface area contributed by atoms with E-state index in [0.717, 1.165) is 0 Å². The van der Waals surface area contributed by atoms with Crippen LogP contribution in [0.15, 0.2) is 42.5 Å². The average Bonchev–Trinajstić information content (AvgIpc) is 2.47. The number of methoxy groups -OCH3 is 1. The summed E-state index contributed by atoms with van der Waals surface area (Å²) in [6.07, 6.45) is 0. The zero-order chi connectivity index (χ0) is 14.5. The number of halogens is 1. The first kappa shape index (κ1) is 14.3. The van der Waals surface area contributed by atoms with Gasteiger partial charge in [0.05, 0.1) is 7.11 Å². The van der Waals surface area contributed by atoms with E-state index in [2.05, 4.69) is 5.32 Å². The van der Waals surface area contributed by atoms with Crippen molar-refractivity contribution < 1.29 is 13.9 Å². The molecule has 0 heterocycles. The second kappa shape index (κ2) is 6.39. The summed E-state index contributed by atoms with van der Waals surface area (Å²) in [7, 11) is 3.36. The lowest BCUT2D eigenvalue weighted by Crippen LogP contribution is -2.15. The number of hydrogen-bond acceptors (Lipinski definition) is 3. The molecule has 0 aliphatic carbocycles. The van der Waals surface area contributed by atoms with E-state index in [-0.39, 0.29) is 11.9 Å². The van der Waals surface area contributed by atoms with Gasteiger partial charge in [-0.2, -0.15) is 0 Å². The van der Waals surface area contributed by atoms with Crippen LogP contribution < -0.4 is 14.8 Å². The quantitative estimate of drug-likeness (QED) is 0.897. The first-order chi connectivity index (χ1) is 9.67. The Labute approximate surface area is 118 Å². The third kappa shape index (κ3) is 2.91. The first-order valence-electron chi connectivity index (χ1n) is 6.44. The molecular formula is C16H18FNO2. The molecule has 106 valence electrons. The molecule has 0 amide bonds. The zero-order valence-corrected chi connectivity index (χ0v) is 11.8. The highest BCUT2D eigenvalue weighted by Crippen LogP contribution is 2.35. The molecule has 1 atom stereocenters. The number of nitrogens with one attached hydrogen (secondary N) is 1. The van der Waals surface area contributed by atoms with Crippen LogP contribution in [-0.2, 0) is 0 Å². The molecular weight excluding hydrogens is 257 g/mol. The molecule has 1 N–H and O–H groups in total. The molecule has 2 aromatic carbocycles. The molecule has 0 aromatic heterocycles. The van der Waals surface area contributed by atoms with Gasteiger partial charge < -0.3 is 14.8 Å². The summed E-state index contributed by atoms with van der Waals surface area (Å²) in [6.45, 7) is 1.88. The topological polar surface area (TPSA) is 30.5 Å². The van der Waals surface area contributed by atoms with Crippen LogP contribution in [0.25, 0.3) is 0 Å². The highest BCUT2D eigenvalue weighted by atomic mass is 19.1. The number of benzene rings is 2. The standard InChI is InChI=1S/C16H18FNO2/c1-11(18-2)16-12(17)7-6-10-15(16)20-14-9-5-4-8-13(14)19-3/h4-11,18H,1-3H3. The van der Waals surface area contributed by atoms with Gasteiger partial charge in [0, 0.05) is 11.6 Å². The van der Waals surface area contributed by atoms with Crippen LogP contribution in [-0.4, -0.2) is 14.2 Å². The molecule has 0 aliphatic rings. The largest absolute Gasteiger partial charge is 0.493 e. The van der Waals surface area contributed by atoms with E-state index in [0.29, 0.717) is 22.8 Å². The maximum absolute atomic E-state index is 14.0. The van der Waals surface area contributed by atoms with E-state index in [1.807, 2.05) is 19.1 Å². The third-order valence-corrected chi connectivity index (χ3v) is 3.17. The summed E-state index contributed by atoms with van der Waals surface area (Å²) in [4.78, 5) is 0. The van der Waals surface area contributed by atoms with Crippen LogP contribution in [0.1, 0.15) is 18.5 Å². The van der Waals surface area contributed by atoms with E-state index in [1.54, 1.807) is 38.4 Å². The summed E-state index contributed by atoms with van der Waals surface area (Å²) in [5, 5.41) is 3.03. The van der Waals surface area contributed by atoms with E-state index in [9.17, 15) is 4.39 Å². The first-order valence-corrected chi connectivity index (χ1v) is 6.44. The van der Waals surface area contributed by atoms with Gasteiger partial charge in [0.1, 0.15) is 11.6 Å². The average molecular weight is 275 g/mol. The molecule has 0 bridgehead atoms. The lowest BCUT2D eigenvalue weighted by atomic mass is 10.1. The van der Waals surface area contributed by atoms with Crippen LogP contribution in [0.4, 0.5) is 4.39 Å². The summed E-state index contributed by atoms with van der Waals surface area (Å²) >= 11 is 0. The normalized spacial score (nSPS) is 12.0. The van der Waals surface area contributed by atoms with Gasteiger partial charge >= 0.3 is 0 Å². The van der Waals surface area contributed by atoms with Crippen LogP contribution in [0, 0.1) is 5.82 Å². The smallest absolute Gasteiger partial charge is 0.169 e. The summed E-state index contributed by atoms with van der Waals surface area (Å²) in [5.41, 5.74) is 0.501. The van der Waals surface area contributed by atoms with Crippen molar-refractivity contribution in [3.63, 3.8) is 0 Å². The molecule has 2 aromatic rings. The fourth-order valence-electron chi connectivity index (χ4n) is 1.99. The third-order valence-electron chi connectivity index (χ3n) is 3.17. The van der Waals surface area contributed by atoms with Crippen molar-refractivity contribution in [2.45, 2.75) is 13.0 Å². The van der Waals surface area contributed by atoms with Gasteiger partial charge in [0.15, 0.2) is 11.5 Å². The van der Waals surface area contributed by atoms with E-state index >= 15 is 0 Å². The van der Waals surface area contributed by atoms with Gasteiger partial charge in [-0.3, -0.25) is 0 Å². The second-order valence-corrected chi connectivity index (χ2v) is 4.41. The summed E-state index contributed by atoms with van der Waals surface area (Å²) in [5.74, 6) is 1.36. The Bertz CT molecular complexity index is 586. The molecule has 20 heavy (non-hydrogen) atoms. The minimum Gasteiger partial charge on any atom is -0.493 e. The van der Waals surface area contributed by atoms with Gasteiger partial charge in [-0.05, 0) is 38.2 Å². The number of hydrogen-bond donors (Lipinski definition) is 1. The fraction of sp³-hybridized carbons (Fsp3) is 0.250. The summed E-state index contributed by atoms with van der Waals surface area (Å²) < 4.78 is 25.1. The Hall–Kier alpha value is -2.07. The number of rotatable bonds is 5. The van der Waals surface area contributed by atoms with Gasteiger partial charge in [-0.1, -0.05) is 18.2 Å². The van der Waals surface area contributed by atoms with Crippen molar-refractivity contribution in [2.24, 2.45) is 0 Å². The molecule has 1 unspecified atom stereocenters. The maximum Gasteiger partial charge on any atom is 0.169 e. The van der Waals surface area contributed by atoms with Crippen LogP contribution >= 0.6 is 0 Å². The maximum atomic E-state index is 14.0. The molecule has 0 radical (unpaired) electrons. The lowest BCUT2D eigenvalue weighted by molar-refractivity contribution is 0.374. The zero-order valence-electron chi connectivity index (χ0n) is 11.8. The van der Waals surface area contributed by atoms with Crippen molar-refractivity contribution in [2.75, 3.05) is 14.2 Å². The van der Waals surface area contributed by atoms with Crippen molar-refractivity contribution in [1.29, 1.82) is 0 Å². The van der Waals surface area contributed by atoms with Crippen molar-refractivity contribution in [1.82, 2.24) is 5.32 Å². The molecule has 0 saturated carbocycles. The molecule has 2 rings (SSSR count).